The fourth-order valence-electron chi connectivity index (χ4n) is 3.81. The number of benzene rings is 2. The van der Waals surface area contributed by atoms with Gasteiger partial charge in [-0.05, 0) is 29.3 Å². The van der Waals surface area contributed by atoms with E-state index in [1.165, 1.54) is 5.56 Å². The number of hydrogen-bond donors (Lipinski definition) is 0. The summed E-state index contributed by atoms with van der Waals surface area (Å²) >= 11 is 0. The minimum absolute atomic E-state index is 0.0907. The first-order valence-corrected chi connectivity index (χ1v) is 9.04. The van der Waals surface area contributed by atoms with Crippen molar-refractivity contribution < 1.29 is 19.0 Å². The van der Waals surface area contributed by atoms with Crippen LogP contribution in [0.4, 0.5) is 0 Å². The van der Waals surface area contributed by atoms with Crippen LogP contribution in [-0.4, -0.2) is 38.7 Å². The highest BCUT2D eigenvalue weighted by molar-refractivity contribution is 5.80. The van der Waals surface area contributed by atoms with Gasteiger partial charge in [0, 0.05) is 24.1 Å². The molecule has 2 aromatic rings. The Kier molecular flexibility index (Phi) is 5.31. The summed E-state index contributed by atoms with van der Waals surface area (Å²) in [5, 5.41) is 0. The van der Waals surface area contributed by atoms with Crippen molar-refractivity contribution >= 4 is 5.91 Å². The monoisotopic (exact) mass is 369 g/mol. The molecule has 27 heavy (non-hydrogen) atoms. The molecule has 0 aliphatic carbocycles. The summed E-state index contributed by atoms with van der Waals surface area (Å²) in [6, 6.07) is 11.7. The molecular weight excluding hydrogens is 342 g/mol. The van der Waals surface area contributed by atoms with Crippen LogP contribution in [0.2, 0.25) is 0 Å². The van der Waals surface area contributed by atoms with Gasteiger partial charge in [0.2, 0.25) is 5.91 Å². The molecule has 3 rings (SSSR count). The molecule has 0 bridgehead atoms. The Hall–Kier alpha value is -2.69. The van der Waals surface area contributed by atoms with Gasteiger partial charge in [0.05, 0.1) is 27.8 Å². The molecule has 0 aromatic heterocycles. The molecule has 1 aliphatic rings. The topological polar surface area (TPSA) is 48.0 Å². The molecule has 0 spiro atoms. The first-order valence-electron chi connectivity index (χ1n) is 9.04. The quantitative estimate of drug-likeness (QED) is 0.808. The van der Waals surface area contributed by atoms with Crippen LogP contribution in [0.5, 0.6) is 17.2 Å². The van der Waals surface area contributed by atoms with Gasteiger partial charge in [0.1, 0.15) is 5.75 Å². The number of rotatable bonds is 5. The second-order valence-corrected chi connectivity index (χ2v) is 7.49. The molecule has 1 amide bonds. The van der Waals surface area contributed by atoms with E-state index in [1.54, 1.807) is 21.3 Å². The summed E-state index contributed by atoms with van der Waals surface area (Å²) in [5.74, 6) is 2.24. The minimum atomic E-state index is -0.177. The van der Waals surface area contributed by atoms with Crippen LogP contribution >= 0.6 is 0 Å². The van der Waals surface area contributed by atoms with Crippen molar-refractivity contribution in [2.75, 3.05) is 27.9 Å². The fraction of sp³-hybridized carbons (Fsp3) is 0.409. The van der Waals surface area contributed by atoms with E-state index in [9.17, 15) is 4.79 Å². The maximum absolute atomic E-state index is 13.0. The van der Waals surface area contributed by atoms with E-state index in [0.717, 1.165) is 22.6 Å². The molecule has 0 atom stereocenters. The van der Waals surface area contributed by atoms with E-state index in [-0.39, 0.29) is 11.3 Å². The number of amides is 1. The first kappa shape index (κ1) is 19.1. The van der Waals surface area contributed by atoms with Crippen molar-refractivity contribution in [2.45, 2.75) is 32.2 Å². The van der Waals surface area contributed by atoms with Gasteiger partial charge in [-0.2, -0.15) is 0 Å². The summed E-state index contributed by atoms with van der Waals surface area (Å²) < 4.78 is 16.3. The van der Waals surface area contributed by atoms with Crippen LogP contribution in [0.3, 0.4) is 0 Å². The smallest absolute Gasteiger partial charge is 0.227 e. The van der Waals surface area contributed by atoms with E-state index in [1.807, 2.05) is 41.3 Å². The molecule has 5 nitrogen and oxygen atoms in total. The van der Waals surface area contributed by atoms with Crippen LogP contribution < -0.4 is 14.2 Å². The van der Waals surface area contributed by atoms with E-state index in [4.69, 9.17) is 14.2 Å². The lowest BCUT2D eigenvalue weighted by Crippen LogP contribution is -2.45. The zero-order chi connectivity index (χ0) is 19.6. The van der Waals surface area contributed by atoms with E-state index in [2.05, 4.69) is 13.8 Å². The van der Waals surface area contributed by atoms with Gasteiger partial charge in [-0.25, -0.2) is 0 Å². The first-order chi connectivity index (χ1) is 12.9. The summed E-state index contributed by atoms with van der Waals surface area (Å²) in [7, 11) is 4.90. The highest BCUT2D eigenvalue weighted by Gasteiger charge is 2.35. The van der Waals surface area contributed by atoms with Crippen molar-refractivity contribution in [1.29, 1.82) is 0 Å². The predicted octanol–water partition coefficient (Wildman–Crippen LogP) is 3.57. The summed E-state index contributed by atoms with van der Waals surface area (Å²) in [5.41, 5.74) is 3.02. The Morgan fingerprint density at radius 2 is 1.63 bits per heavy atom. The molecule has 0 saturated heterocycles. The Labute approximate surface area is 160 Å². The average molecular weight is 369 g/mol. The standard InChI is InChI=1S/C22H27NO4/c1-22(2)14-23(21(24)11-15-8-6-7-9-18(15)25-3)13-16-10-19(26-4)20(27-5)12-17(16)22/h6-10,12H,11,13-14H2,1-5H3. The Morgan fingerprint density at radius 3 is 2.30 bits per heavy atom. The van der Waals surface area contributed by atoms with Gasteiger partial charge in [-0.15, -0.1) is 0 Å². The maximum Gasteiger partial charge on any atom is 0.227 e. The normalized spacial score (nSPS) is 15.1. The van der Waals surface area contributed by atoms with Crippen LogP contribution in [0.1, 0.15) is 30.5 Å². The lowest BCUT2D eigenvalue weighted by atomic mass is 9.78. The second-order valence-electron chi connectivity index (χ2n) is 7.49. The van der Waals surface area contributed by atoms with Crippen LogP contribution in [0.15, 0.2) is 36.4 Å². The number of fused-ring (bicyclic) bond motifs is 1. The van der Waals surface area contributed by atoms with Crippen molar-refractivity contribution in [3.8, 4) is 17.2 Å². The van der Waals surface area contributed by atoms with Gasteiger partial charge in [-0.1, -0.05) is 32.0 Å². The number of para-hydroxylation sites is 1. The molecule has 0 unspecified atom stereocenters. The number of methoxy groups -OCH3 is 3. The van der Waals surface area contributed by atoms with Crippen molar-refractivity contribution in [3.05, 3.63) is 53.1 Å². The molecular formula is C22H27NO4. The highest BCUT2D eigenvalue weighted by Crippen LogP contribution is 2.40. The van der Waals surface area contributed by atoms with Crippen molar-refractivity contribution in [1.82, 2.24) is 4.90 Å². The zero-order valence-electron chi connectivity index (χ0n) is 16.7. The molecule has 144 valence electrons. The van der Waals surface area contributed by atoms with E-state index >= 15 is 0 Å². The number of hydrogen-bond acceptors (Lipinski definition) is 4. The Morgan fingerprint density at radius 1 is 1.00 bits per heavy atom. The molecule has 1 heterocycles. The zero-order valence-corrected chi connectivity index (χ0v) is 16.7. The lowest BCUT2D eigenvalue weighted by molar-refractivity contribution is -0.132. The largest absolute Gasteiger partial charge is 0.496 e. The Balaban J connectivity index is 1.89. The van der Waals surface area contributed by atoms with Crippen LogP contribution in [-0.2, 0) is 23.2 Å². The predicted molar refractivity (Wildman–Crippen MR) is 105 cm³/mol. The Bertz CT molecular complexity index is 844. The molecule has 5 heteroatoms. The minimum Gasteiger partial charge on any atom is -0.496 e. The molecule has 2 aromatic carbocycles. The number of ether oxygens (including phenoxy) is 3. The van der Waals surface area contributed by atoms with Crippen molar-refractivity contribution in [2.24, 2.45) is 0 Å². The maximum atomic E-state index is 13.0. The molecule has 0 saturated carbocycles. The fourth-order valence-corrected chi connectivity index (χ4v) is 3.81. The van der Waals surface area contributed by atoms with Crippen molar-refractivity contribution in [3.63, 3.8) is 0 Å². The lowest BCUT2D eigenvalue weighted by Gasteiger charge is -2.40. The summed E-state index contributed by atoms with van der Waals surface area (Å²) in [6.07, 6.45) is 0.322. The molecule has 0 N–H and O–H groups in total. The summed E-state index contributed by atoms with van der Waals surface area (Å²) in [4.78, 5) is 14.9. The molecule has 0 fully saturated rings. The van der Waals surface area contributed by atoms with Gasteiger partial charge in [0.15, 0.2) is 11.5 Å². The average Bonchev–Trinajstić information content (AvgIpc) is 2.66. The molecule has 1 aliphatic heterocycles. The van der Waals surface area contributed by atoms with Gasteiger partial charge in [-0.3, -0.25) is 4.79 Å². The third-order valence-electron chi connectivity index (χ3n) is 5.17. The van der Waals surface area contributed by atoms with E-state index in [0.29, 0.717) is 25.3 Å². The number of carbonyl (C=O) groups is 1. The van der Waals surface area contributed by atoms with E-state index < -0.39 is 0 Å². The third-order valence-corrected chi connectivity index (χ3v) is 5.17. The van der Waals surface area contributed by atoms with Gasteiger partial charge in [0.25, 0.3) is 0 Å². The van der Waals surface area contributed by atoms with Gasteiger partial charge >= 0.3 is 0 Å². The third kappa shape index (κ3) is 3.72. The number of nitrogens with zero attached hydrogens (tertiary/aromatic N) is 1. The number of carbonyl (C=O) groups excluding carboxylic acids is 1. The molecule has 0 radical (unpaired) electrons. The second kappa shape index (κ2) is 7.51. The van der Waals surface area contributed by atoms with Gasteiger partial charge < -0.3 is 19.1 Å². The van der Waals surface area contributed by atoms with Crippen LogP contribution in [0.25, 0.3) is 0 Å². The highest BCUT2D eigenvalue weighted by atomic mass is 16.5. The summed E-state index contributed by atoms with van der Waals surface area (Å²) in [6.45, 7) is 5.52. The SMILES string of the molecule is COc1ccccc1CC(=O)N1Cc2cc(OC)c(OC)cc2C(C)(C)C1. The van der Waals surface area contributed by atoms with Crippen LogP contribution in [0, 0.1) is 0 Å².